The van der Waals surface area contributed by atoms with Crippen molar-refractivity contribution in [1.29, 1.82) is 0 Å². The van der Waals surface area contributed by atoms with Crippen LogP contribution in [-0.4, -0.2) is 22.6 Å². The zero-order chi connectivity index (χ0) is 20.8. The van der Waals surface area contributed by atoms with Crippen LogP contribution in [0, 0.1) is 0 Å². The minimum Gasteiger partial charge on any atom is -0.465 e. The highest BCUT2D eigenvalue weighted by Crippen LogP contribution is 2.38. The van der Waals surface area contributed by atoms with Gasteiger partial charge in [-0.1, -0.05) is 39.1 Å². The third-order valence-corrected chi connectivity index (χ3v) is 5.52. The molecule has 0 aliphatic rings. The summed E-state index contributed by atoms with van der Waals surface area (Å²) >= 11 is 15.6. The van der Waals surface area contributed by atoms with Crippen LogP contribution < -0.4 is 0 Å². The number of rotatable bonds is 3. The number of hydrogen-bond acceptors (Lipinski definition) is 3. The summed E-state index contributed by atoms with van der Waals surface area (Å²) in [5.41, 5.74) is -0.241. The molecule has 148 valence electrons. The lowest BCUT2D eigenvalue weighted by Crippen LogP contribution is -2.06. The van der Waals surface area contributed by atoms with Gasteiger partial charge in [0.2, 0.25) is 0 Å². The van der Waals surface area contributed by atoms with Crippen LogP contribution in [0.2, 0.25) is 10.0 Å². The van der Waals surface area contributed by atoms with E-state index in [2.05, 4.69) is 25.7 Å². The Bertz CT molecular complexity index is 1100. The minimum absolute atomic E-state index is 0.0304. The van der Waals surface area contributed by atoms with E-state index in [0.717, 1.165) is 6.07 Å². The van der Waals surface area contributed by atoms with Crippen LogP contribution in [-0.2, 0) is 24.4 Å². The number of carbonyl (C=O) groups excluding carboxylic acids is 1. The molecule has 28 heavy (non-hydrogen) atoms. The number of halogens is 6. The van der Waals surface area contributed by atoms with Gasteiger partial charge >= 0.3 is 12.1 Å². The topological polar surface area (TPSA) is 44.1 Å². The lowest BCUT2D eigenvalue weighted by molar-refractivity contribution is -0.136. The van der Waals surface area contributed by atoms with Gasteiger partial charge in [-0.3, -0.25) is 0 Å². The molecule has 0 saturated heterocycles. The molecule has 0 aliphatic carbocycles. The fraction of sp³-hybridized carbons (Fsp3) is 0.222. The molecule has 0 fully saturated rings. The number of aromatic nitrogens is 2. The molecule has 4 nitrogen and oxygen atoms in total. The number of carbonyl (C=O) groups is 1. The number of ether oxygens (including phenoxy) is 1. The Hall–Kier alpha value is -1.77. The fourth-order valence-electron chi connectivity index (χ4n) is 2.86. The lowest BCUT2D eigenvalue weighted by atomic mass is 10.1. The second-order valence-electron chi connectivity index (χ2n) is 5.96. The quantitative estimate of drug-likeness (QED) is 0.416. The molecule has 3 aromatic rings. The first-order chi connectivity index (χ1) is 13.0. The Kier molecular flexibility index (Phi) is 5.67. The van der Waals surface area contributed by atoms with Gasteiger partial charge in [0, 0.05) is 23.0 Å². The number of methoxy groups -OCH3 is 1. The Morgan fingerprint density at radius 3 is 2.57 bits per heavy atom. The molecule has 2 aromatic carbocycles. The van der Waals surface area contributed by atoms with Crippen LogP contribution in [0.4, 0.5) is 13.2 Å². The van der Waals surface area contributed by atoms with Gasteiger partial charge in [-0.15, -0.1) is 0 Å². The number of aryl methyl sites for hydroxylation is 1. The summed E-state index contributed by atoms with van der Waals surface area (Å²) in [6.45, 7) is 0. The number of fused-ring (bicyclic) bond motifs is 1. The van der Waals surface area contributed by atoms with E-state index in [1.54, 1.807) is 13.1 Å². The highest BCUT2D eigenvalue weighted by atomic mass is 79.9. The molecule has 0 aliphatic heterocycles. The number of alkyl halides is 3. The summed E-state index contributed by atoms with van der Waals surface area (Å²) in [6.07, 6.45) is -4.53. The van der Waals surface area contributed by atoms with Crippen LogP contribution in [0.3, 0.4) is 0 Å². The number of imidazole rings is 1. The first-order valence-corrected chi connectivity index (χ1v) is 9.36. The summed E-state index contributed by atoms with van der Waals surface area (Å²) in [5.74, 6) is -0.333. The zero-order valence-corrected chi connectivity index (χ0v) is 17.6. The zero-order valence-electron chi connectivity index (χ0n) is 14.5. The van der Waals surface area contributed by atoms with E-state index >= 15 is 0 Å². The number of esters is 1. The summed E-state index contributed by atoms with van der Waals surface area (Å²) in [5, 5.41) is 0.338. The highest BCUT2D eigenvalue weighted by Gasteiger charge is 2.35. The van der Waals surface area contributed by atoms with Crippen molar-refractivity contribution < 1.29 is 22.7 Å². The maximum absolute atomic E-state index is 13.4. The Morgan fingerprint density at radius 2 is 1.96 bits per heavy atom. The first-order valence-electron chi connectivity index (χ1n) is 7.81. The van der Waals surface area contributed by atoms with Crippen LogP contribution in [0.15, 0.2) is 28.7 Å². The number of nitrogens with zero attached hydrogens (tertiary/aromatic N) is 2. The highest BCUT2D eigenvalue weighted by molar-refractivity contribution is 9.10. The number of hydrogen-bond donors (Lipinski definition) is 0. The van der Waals surface area contributed by atoms with Crippen molar-refractivity contribution in [3.8, 4) is 0 Å². The molecule has 0 bridgehead atoms. The number of benzene rings is 2. The van der Waals surface area contributed by atoms with Crippen molar-refractivity contribution >= 4 is 56.1 Å². The van der Waals surface area contributed by atoms with Crippen molar-refractivity contribution in [1.82, 2.24) is 9.55 Å². The van der Waals surface area contributed by atoms with E-state index in [9.17, 15) is 18.0 Å². The third-order valence-electron chi connectivity index (χ3n) is 4.28. The monoisotopic (exact) mass is 494 g/mol. The van der Waals surface area contributed by atoms with Crippen molar-refractivity contribution in [2.24, 2.45) is 7.05 Å². The molecule has 0 radical (unpaired) electrons. The Balaban J connectivity index is 2.17. The second-order valence-corrected chi connectivity index (χ2v) is 7.66. The summed E-state index contributed by atoms with van der Waals surface area (Å²) < 4.78 is 46.7. The standard InChI is InChI=1S/C18H12BrCl2F3N2O2/c1-26-13-6-8(19)5-11(18(22,23)24)16(13)25-14(26)7-10-12(20)4-3-9(15(10)21)17(27)28-2/h3-6H,7H2,1-2H3. The average molecular weight is 496 g/mol. The normalized spacial score (nSPS) is 11.9. The van der Waals surface area contributed by atoms with E-state index in [1.165, 1.54) is 23.8 Å². The van der Waals surface area contributed by atoms with Crippen LogP contribution in [0.1, 0.15) is 27.3 Å². The van der Waals surface area contributed by atoms with E-state index < -0.39 is 17.7 Å². The molecule has 1 aromatic heterocycles. The predicted octanol–water partition coefficient (Wildman–Crippen LogP) is 6.04. The van der Waals surface area contributed by atoms with E-state index in [1.807, 2.05) is 0 Å². The molecular formula is C18H12BrCl2F3N2O2. The van der Waals surface area contributed by atoms with Crippen LogP contribution >= 0.6 is 39.1 Å². The third kappa shape index (κ3) is 3.73. The summed E-state index contributed by atoms with van der Waals surface area (Å²) in [6, 6.07) is 5.44. The van der Waals surface area contributed by atoms with Crippen molar-refractivity contribution in [3.63, 3.8) is 0 Å². The minimum atomic E-state index is -4.56. The van der Waals surface area contributed by atoms with E-state index in [-0.39, 0.29) is 32.0 Å². The molecule has 1 heterocycles. The van der Waals surface area contributed by atoms with Crippen molar-refractivity contribution in [2.45, 2.75) is 12.6 Å². The molecule has 3 rings (SSSR count). The van der Waals surface area contributed by atoms with E-state index in [0.29, 0.717) is 16.9 Å². The van der Waals surface area contributed by atoms with Gasteiger partial charge in [-0.25, -0.2) is 9.78 Å². The largest absolute Gasteiger partial charge is 0.465 e. The summed E-state index contributed by atoms with van der Waals surface area (Å²) in [7, 11) is 2.82. The molecule has 10 heteroatoms. The Labute approximate surface area is 176 Å². The Morgan fingerprint density at radius 1 is 1.29 bits per heavy atom. The van der Waals surface area contributed by atoms with Gasteiger partial charge in [0.15, 0.2) is 0 Å². The van der Waals surface area contributed by atoms with Gasteiger partial charge < -0.3 is 9.30 Å². The van der Waals surface area contributed by atoms with Gasteiger partial charge in [0.05, 0.1) is 28.8 Å². The lowest BCUT2D eigenvalue weighted by Gasteiger charge is -2.10. The van der Waals surface area contributed by atoms with Gasteiger partial charge in [-0.05, 0) is 29.8 Å². The first kappa shape index (κ1) is 21.0. The van der Waals surface area contributed by atoms with Gasteiger partial charge in [0.1, 0.15) is 11.3 Å². The molecule has 0 atom stereocenters. The van der Waals surface area contributed by atoms with Gasteiger partial charge in [-0.2, -0.15) is 13.2 Å². The maximum Gasteiger partial charge on any atom is 0.418 e. The molecule has 0 saturated carbocycles. The molecule has 0 amide bonds. The van der Waals surface area contributed by atoms with Crippen LogP contribution in [0.25, 0.3) is 11.0 Å². The average Bonchev–Trinajstić information content (AvgIpc) is 2.92. The molecule has 0 unspecified atom stereocenters. The van der Waals surface area contributed by atoms with Crippen LogP contribution in [0.5, 0.6) is 0 Å². The molecule has 0 N–H and O–H groups in total. The predicted molar refractivity (Wildman–Crippen MR) is 104 cm³/mol. The smallest absolute Gasteiger partial charge is 0.418 e. The fourth-order valence-corrected chi connectivity index (χ4v) is 3.89. The molecule has 0 spiro atoms. The van der Waals surface area contributed by atoms with Gasteiger partial charge in [0.25, 0.3) is 0 Å². The SMILES string of the molecule is COC(=O)c1ccc(Cl)c(Cc2nc3c(C(F)(F)F)cc(Br)cc3n2C)c1Cl. The molecular weight excluding hydrogens is 484 g/mol. The second kappa shape index (κ2) is 7.57. The van der Waals surface area contributed by atoms with Crippen molar-refractivity contribution in [3.05, 3.63) is 61.3 Å². The van der Waals surface area contributed by atoms with E-state index in [4.69, 9.17) is 23.2 Å². The maximum atomic E-state index is 13.4. The van der Waals surface area contributed by atoms with Crippen molar-refractivity contribution in [2.75, 3.05) is 7.11 Å². The summed E-state index contributed by atoms with van der Waals surface area (Å²) in [4.78, 5) is 16.0.